The van der Waals surface area contributed by atoms with Crippen molar-refractivity contribution in [3.8, 4) is 11.8 Å². The minimum atomic E-state index is -3.05. The average Bonchev–Trinajstić information content (AvgIpc) is 3.37. The molecule has 208 valence electrons. The zero-order chi connectivity index (χ0) is 28.0. The maximum atomic E-state index is 11.4. The number of nitrogens with one attached hydrogen (secondary N) is 1. The lowest BCUT2D eigenvalue weighted by atomic mass is 10.1. The molecule has 0 spiro atoms. The Bertz CT molecular complexity index is 1570. The van der Waals surface area contributed by atoms with E-state index in [0.717, 1.165) is 74.0 Å². The number of rotatable bonds is 11. The molecule has 0 unspecified atom stereocenters. The summed E-state index contributed by atoms with van der Waals surface area (Å²) in [5.41, 5.74) is 4.79. The van der Waals surface area contributed by atoms with Gasteiger partial charge in [0, 0.05) is 49.5 Å². The van der Waals surface area contributed by atoms with Crippen LogP contribution in [0.3, 0.4) is 0 Å². The lowest BCUT2D eigenvalue weighted by Gasteiger charge is -2.34. The SMILES string of the molecule is CS(=O)(=O)Cc1ccc(COc2cnc(N3CCN(CCCCc4c[nH]c5ccc(C#N)cc45)CC3)nc2)cc1. The Kier molecular flexibility index (Phi) is 8.63. The van der Waals surface area contributed by atoms with Crippen LogP contribution in [0, 0.1) is 11.3 Å². The van der Waals surface area contributed by atoms with Gasteiger partial charge < -0.3 is 14.6 Å². The van der Waals surface area contributed by atoms with E-state index in [1.54, 1.807) is 12.4 Å². The zero-order valence-corrected chi connectivity index (χ0v) is 23.5. The first-order valence-electron chi connectivity index (χ1n) is 13.5. The van der Waals surface area contributed by atoms with Gasteiger partial charge in [-0.1, -0.05) is 24.3 Å². The van der Waals surface area contributed by atoms with E-state index in [-0.39, 0.29) is 5.75 Å². The number of hydrogen-bond donors (Lipinski definition) is 1. The molecule has 9 nitrogen and oxygen atoms in total. The molecule has 10 heteroatoms. The molecule has 1 aliphatic heterocycles. The van der Waals surface area contributed by atoms with E-state index in [4.69, 9.17) is 4.74 Å². The first kappa shape index (κ1) is 27.6. The molecule has 3 heterocycles. The van der Waals surface area contributed by atoms with E-state index in [0.29, 0.717) is 23.9 Å². The van der Waals surface area contributed by atoms with Crippen LogP contribution >= 0.6 is 0 Å². The van der Waals surface area contributed by atoms with Crippen LogP contribution in [0.5, 0.6) is 5.75 Å². The van der Waals surface area contributed by atoms with E-state index in [9.17, 15) is 13.7 Å². The Labute approximate surface area is 235 Å². The van der Waals surface area contributed by atoms with Crippen LogP contribution in [0.15, 0.2) is 61.1 Å². The summed E-state index contributed by atoms with van der Waals surface area (Å²) in [5, 5.41) is 10.3. The molecule has 0 atom stereocenters. The topological polar surface area (TPSA) is 115 Å². The molecule has 1 fully saturated rings. The number of unbranched alkanes of at least 4 members (excludes halogenated alkanes) is 1. The predicted molar refractivity (Wildman–Crippen MR) is 156 cm³/mol. The lowest BCUT2D eigenvalue weighted by molar-refractivity contribution is 0.251. The van der Waals surface area contributed by atoms with Crippen molar-refractivity contribution < 1.29 is 13.2 Å². The summed E-state index contributed by atoms with van der Waals surface area (Å²) in [5.74, 6) is 1.35. The molecule has 5 rings (SSSR count). The largest absolute Gasteiger partial charge is 0.486 e. The van der Waals surface area contributed by atoms with E-state index < -0.39 is 9.84 Å². The molecule has 2 aromatic carbocycles. The maximum Gasteiger partial charge on any atom is 0.225 e. The van der Waals surface area contributed by atoms with Gasteiger partial charge in [-0.2, -0.15) is 5.26 Å². The summed E-state index contributed by atoms with van der Waals surface area (Å²) in [4.78, 5) is 17.1. The number of fused-ring (bicyclic) bond motifs is 1. The summed E-state index contributed by atoms with van der Waals surface area (Å²) < 4.78 is 28.7. The number of nitrogens with zero attached hydrogens (tertiary/aromatic N) is 5. The van der Waals surface area contributed by atoms with Crippen molar-refractivity contribution in [1.82, 2.24) is 19.9 Å². The monoisotopic (exact) mass is 558 g/mol. The second-order valence-electron chi connectivity index (χ2n) is 10.4. The minimum Gasteiger partial charge on any atom is -0.486 e. The number of benzene rings is 2. The molecule has 0 bridgehead atoms. The summed E-state index contributed by atoms with van der Waals surface area (Å²) >= 11 is 0. The average molecular weight is 559 g/mol. The third kappa shape index (κ3) is 7.37. The quantitative estimate of drug-likeness (QED) is 0.274. The van der Waals surface area contributed by atoms with Crippen LogP contribution in [0.2, 0.25) is 0 Å². The summed E-state index contributed by atoms with van der Waals surface area (Å²) in [6.45, 7) is 5.17. The summed E-state index contributed by atoms with van der Waals surface area (Å²) in [6.07, 6.45) is 9.96. The molecule has 2 aromatic heterocycles. The molecule has 4 aromatic rings. The number of H-pyrrole nitrogens is 1. The van der Waals surface area contributed by atoms with Crippen LogP contribution in [0.4, 0.5) is 5.95 Å². The molecule has 0 radical (unpaired) electrons. The second-order valence-corrected chi connectivity index (χ2v) is 12.5. The summed E-state index contributed by atoms with van der Waals surface area (Å²) in [6, 6.07) is 15.4. The lowest BCUT2D eigenvalue weighted by Crippen LogP contribution is -2.47. The number of nitriles is 1. The van der Waals surface area contributed by atoms with Gasteiger partial charge >= 0.3 is 0 Å². The zero-order valence-electron chi connectivity index (χ0n) is 22.7. The van der Waals surface area contributed by atoms with E-state index >= 15 is 0 Å². The van der Waals surface area contributed by atoms with Crippen LogP contribution in [0.25, 0.3) is 10.9 Å². The van der Waals surface area contributed by atoms with Crippen molar-refractivity contribution in [3.05, 3.63) is 83.3 Å². The number of anilines is 1. The fourth-order valence-electron chi connectivity index (χ4n) is 5.03. The highest BCUT2D eigenvalue weighted by Crippen LogP contribution is 2.22. The third-order valence-corrected chi connectivity index (χ3v) is 8.05. The van der Waals surface area contributed by atoms with Gasteiger partial charge in [0.1, 0.15) is 6.61 Å². The maximum absolute atomic E-state index is 11.4. The Balaban J connectivity index is 1.02. The van der Waals surface area contributed by atoms with Gasteiger partial charge in [0.2, 0.25) is 5.95 Å². The Morgan fingerprint density at radius 2 is 1.73 bits per heavy atom. The molecule has 1 N–H and O–H groups in total. The normalized spacial score (nSPS) is 14.3. The number of aromatic nitrogens is 3. The molecule has 0 aliphatic carbocycles. The van der Waals surface area contributed by atoms with E-state index in [1.165, 1.54) is 11.8 Å². The highest BCUT2D eigenvalue weighted by atomic mass is 32.2. The molecular weight excluding hydrogens is 524 g/mol. The van der Waals surface area contributed by atoms with Crippen molar-refractivity contribution in [2.24, 2.45) is 0 Å². The molecule has 1 aliphatic rings. The van der Waals surface area contributed by atoms with Crippen molar-refractivity contribution in [2.45, 2.75) is 31.6 Å². The Morgan fingerprint density at radius 1 is 1.00 bits per heavy atom. The summed E-state index contributed by atoms with van der Waals surface area (Å²) in [7, 11) is -3.05. The van der Waals surface area contributed by atoms with Gasteiger partial charge in [-0.25, -0.2) is 18.4 Å². The highest BCUT2D eigenvalue weighted by Gasteiger charge is 2.19. The number of hydrogen-bond acceptors (Lipinski definition) is 8. The first-order valence-corrected chi connectivity index (χ1v) is 15.6. The van der Waals surface area contributed by atoms with Crippen LogP contribution in [-0.2, 0) is 28.6 Å². The minimum absolute atomic E-state index is 0.0368. The second kappa shape index (κ2) is 12.5. The van der Waals surface area contributed by atoms with Crippen LogP contribution in [-0.4, -0.2) is 67.2 Å². The van der Waals surface area contributed by atoms with Gasteiger partial charge in [0.25, 0.3) is 0 Å². The highest BCUT2D eigenvalue weighted by molar-refractivity contribution is 7.89. The van der Waals surface area contributed by atoms with Crippen molar-refractivity contribution >= 4 is 26.7 Å². The van der Waals surface area contributed by atoms with Gasteiger partial charge in [0.05, 0.1) is 29.8 Å². The predicted octanol–water partition coefficient (Wildman–Crippen LogP) is 4.10. The van der Waals surface area contributed by atoms with E-state index in [1.807, 2.05) is 42.5 Å². The fraction of sp³-hybridized carbons (Fsp3) is 0.367. The standard InChI is InChI=1S/C30H34N6O3S/c1-40(37,38)22-24-7-5-23(6-8-24)21-39-27-19-33-30(34-20-27)36-14-12-35(13-15-36)11-3-2-4-26-18-32-29-10-9-25(17-31)16-28(26)29/h5-10,16,18-20,32H,2-4,11-15,21-22H2,1H3. The molecule has 0 amide bonds. The number of ether oxygens (including phenoxy) is 1. The van der Waals surface area contributed by atoms with Gasteiger partial charge in [0.15, 0.2) is 15.6 Å². The van der Waals surface area contributed by atoms with Crippen molar-refractivity contribution in [3.63, 3.8) is 0 Å². The molecular formula is C30H34N6O3S. The third-order valence-electron chi connectivity index (χ3n) is 7.19. The first-order chi connectivity index (χ1) is 19.4. The molecule has 1 saturated heterocycles. The number of aromatic amines is 1. The van der Waals surface area contributed by atoms with Gasteiger partial charge in [-0.15, -0.1) is 0 Å². The van der Waals surface area contributed by atoms with Gasteiger partial charge in [-0.05, 0) is 60.7 Å². The number of sulfone groups is 1. The molecule has 40 heavy (non-hydrogen) atoms. The Morgan fingerprint density at radius 3 is 2.42 bits per heavy atom. The van der Waals surface area contributed by atoms with Gasteiger partial charge in [-0.3, -0.25) is 4.90 Å². The van der Waals surface area contributed by atoms with Crippen LogP contribution in [0.1, 0.15) is 35.1 Å². The van der Waals surface area contributed by atoms with Crippen LogP contribution < -0.4 is 9.64 Å². The number of aryl methyl sites for hydroxylation is 1. The van der Waals surface area contributed by atoms with Crippen molar-refractivity contribution in [2.75, 3.05) is 43.9 Å². The van der Waals surface area contributed by atoms with Crippen molar-refractivity contribution in [1.29, 1.82) is 5.26 Å². The fourth-order valence-corrected chi connectivity index (χ4v) is 5.82. The Hall–Kier alpha value is -3.94. The van der Waals surface area contributed by atoms with E-state index in [2.05, 4.69) is 37.0 Å². The number of piperazine rings is 1. The smallest absolute Gasteiger partial charge is 0.225 e. The molecule has 0 saturated carbocycles.